The number of hydrogen-bond donors (Lipinski definition) is 0. The molecule has 0 spiro atoms. The van der Waals surface area contributed by atoms with E-state index in [1.807, 2.05) is 40.1 Å². The molecule has 1 amide bonds. The minimum atomic E-state index is 0.102. The predicted octanol–water partition coefficient (Wildman–Crippen LogP) is 2.99. The lowest BCUT2D eigenvalue weighted by Gasteiger charge is -2.33. The topological polar surface area (TPSA) is 49.6 Å². The molecule has 2 heterocycles. The summed E-state index contributed by atoms with van der Waals surface area (Å²) in [5, 5.41) is 0. The molecule has 1 aromatic heterocycles. The summed E-state index contributed by atoms with van der Waals surface area (Å²) in [6, 6.07) is 16.5. The van der Waals surface area contributed by atoms with E-state index in [0.29, 0.717) is 25.6 Å². The van der Waals surface area contributed by atoms with Crippen LogP contribution in [-0.4, -0.2) is 35.4 Å². The summed E-state index contributed by atoms with van der Waals surface area (Å²) in [5.74, 6) is 0.102. The number of carbonyl (C=O) groups is 1. The van der Waals surface area contributed by atoms with Gasteiger partial charge in [0.1, 0.15) is 12.1 Å². The van der Waals surface area contributed by atoms with Crippen molar-refractivity contribution in [3.8, 4) is 0 Å². The van der Waals surface area contributed by atoms with E-state index in [1.165, 1.54) is 11.1 Å². The third-order valence-corrected chi connectivity index (χ3v) is 4.33. The number of anilines is 1. The van der Waals surface area contributed by atoms with Crippen LogP contribution >= 0.6 is 0 Å². The number of nitrogens with zero attached hydrogens (tertiary/aromatic N) is 3. The second-order valence-corrected chi connectivity index (χ2v) is 6.19. The Hall–Kier alpha value is -2.82. The van der Waals surface area contributed by atoms with Crippen LogP contribution in [-0.2, 0) is 11.3 Å². The summed E-state index contributed by atoms with van der Waals surface area (Å²) in [6.45, 7) is 4.42. The third kappa shape index (κ3) is 2.85. The Kier molecular flexibility index (Phi) is 3.69. The lowest BCUT2D eigenvalue weighted by molar-refractivity contribution is -0.131. The lowest BCUT2D eigenvalue weighted by Crippen LogP contribution is -2.50. The number of benzene rings is 2. The van der Waals surface area contributed by atoms with Crippen LogP contribution in [0.25, 0.3) is 11.1 Å². The Morgan fingerprint density at radius 1 is 1.12 bits per heavy atom. The first-order valence-corrected chi connectivity index (χ1v) is 8.13. The summed E-state index contributed by atoms with van der Waals surface area (Å²) in [6.07, 6.45) is 0. The van der Waals surface area contributed by atoms with Crippen molar-refractivity contribution in [3.05, 3.63) is 59.7 Å². The van der Waals surface area contributed by atoms with Crippen molar-refractivity contribution in [1.82, 2.24) is 9.88 Å². The van der Waals surface area contributed by atoms with Gasteiger partial charge < -0.3 is 14.2 Å². The van der Waals surface area contributed by atoms with Crippen LogP contribution in [0.2, 0.25) is 0 Å². The molecule has 122 valence electrons. The Morgan fingerprint density at radius 2 is 2.00 bits per heavy atom. The molecule has 3 aromatic rings. The first-order valence-electron chi connectivity index (χ1n) is 8.13. The molecule has 0 atom stereocenters. The number of para-hydroxylation sites is 2. The van der Waals surface area contributed by atoms with E-state index in [1.54, 1.807) is 0 Å². The molecule has 24 heavy (non-hydrogen) atoms. The normalized spacial score (nSPS) is 15.3. The fourth-order valence-electron chi connectivity index (χ4n) is 3.07. The van der Waals surface area contributed by atoms with Crippen LogP contribution in [0, 0.1) is 6.92 Å². The van der Waals surface area contributed by atoms with Crippen LogP contribution in [0.4, 0.5) is 6.01 Å². The number of rotatable bonds is 3. The van der Waals surface area contributed by atoms with Crippen LogP contribution in [0.15, 0.2) is 52.9 Å². The van der Waals surface area contributed by atoms with E-state index >= 15 is 0 Å². The highest BCUT2D eigenvalue weighted by Crippen LogP contribution is 2.23. The monoisotopic (exact) mass is 321 g/mol. The molecule has 5 nitrogen and oxygen atoms in total. The van der Waals surface area contributed by atoms with Crippen molar-refractivity contribution < 1.29 is 9.21 Å². The highest BCUT2D eigenvalue weighted by atomic mass is 16.4. The van der Waals surface area contributed by atoms with Crippen molar-refractivity contribution in [2.75, 3.05) is 24.5 Å². The minimum Gasteiger partial charge on any atom is -0.423 e. The summed E-state index contributed by atoms with van der Waals surface area (Å²) in [5.41, 5.74) is 3.95. The predicted molar refractivity (Wildman–Crippen MR) is 92.8 cm³/mol. The van der Waals surface area contributed by atoms with E-state index in [0.717, 1.165) is 17.6 Å². The molecular formula is C19H19N3O2. The van der Waals surface area contributed by atoms with Gasteiger partial charge in [-0.25, -0.2) is 0 Å². The maximum absolute atomic E-state index is 12.5. The van der Waals surface area contributed by atoms with Crippen molar-refractivity contribution >= 4 is 23.0 Å². The van der Waals surface area contributed by atoms with Crippen LogP contribution in [0.3, 0.4) is 0 Å². The second kappa shape index (κ2) is 6.00. The summed E-state index contributed by atoms with van der Waals surface area (Å²) in [4.78, 5) is 20.8. The van der Waals surface area contributed by atoms with Gasteiger partial charge in [-0.15, -0.1) is 0 Å². The summed E-state index contributed by atoms with van der Waals surface area (Å²) < 4.78 is 5.77. The van der Waals surface area contributed by atoms with Crippen molar-refractivity contribution in [2.24, 2.45) is 0 Å². The summed E-state index contributed by atoms with van der Waals surface area (Å²) in [7, 11) is 0. The zero-order valence-electron chi connectivity index (χ0n) is 13.6. The van der Waals surface area contributed by atoms with Gasteiger partial charge in [0.15, 0.2) is 5.58 Å². The molecule has 0 aliphatic carbocycles. The first-order chi connectivity index (χ1) is 11.7. The number of amides is 1. The molecule has 1 aliphatic rings. The number of oxazole rings is 1. The van der Waals surface area contributed by atoms with Crippen molar-refractivity contribution in [3.63, 3.8) is 0 Å². The van der Waals surface area contributed by atoms with E-state index in [9.17, 15) is 4.79 Å². The quantitative estimate of drug-likeness (QED) is 0.744. The molecule has 4 rings (SSSR count). The molecule has 0 N–H and O–H groups in total. The highest BCUT2D eigenvalue weighted by molar-refractivity contribution is 5.83. The molecule has 5 heteroatoms. The molecule has 0 unspecified atom stereocenters. The molecule has 1 saturated heterocycles. The standard InChI is InChI=1S/C19H19N3O2/c1-14-5-4-6-15(11-14)12-21-9-10-22(13-18(21)23)19-20-16-7-2-3-8-17(16)24-19/h2-8,11H,9-10,12-13H2,1H3. The second-order valence-electron chi connectivity index (χ2n) is 6.19. The van der Waals surface area contributed by atoms with Gasteiger partial charge in [0.2, 0.25) is 5.91 Å². The van der Waals surface area contributed by atoms with Gasteiger partial charge in [-0.2, -0.15) is 4.98 Å². The SMILES string of the molecule is Cc1cccc(CN2CCN(c3nc4ccccc4o3)CC2=O)c1. The average molecular weight is 321 g/mol. The van der Waals surface area contributed by atoms with E-state index in [2.05, 4.69) is 30.1 Å². The maximum atomic E-state index is 12.5. The smallest absolute Gasteiger partial charge is 0.298 e. The fraction of sp³-hybridized carbons (Fsp3) is 0.263. The third-order valence-electron chi connectivity index (χ3n) is 4.33. The minimum absolute atomic E-state index is 0.102. The van der Waals surface area contributed by atoms with Gasteiger partial charge in [0, 0.05) is 19.6 Å². The number of fused-ring (bicyclic) bond motifs is 1. The fourth-order valence-corrected chi connectivity index (χ4v) is 3.07. The first kappa shape index (κ1) is 14.8. The Morgan fingerprint density at radius 3 is 2.79 bits per heavy atom. The molecule has 0 saturated carbocycles. The van der Waals surface area contributed by atoms with E-state index in [-0.39, 0.29) is 5.91 Å². The zero-order valence-corrected chi connectivity index (χ0v) is 13.6. The van der Waals surface area contributed by atoms with Crippen LogP contribution in [0.5, 0.6) is 0 Å². The van der Waals surface area contributed by atoms with Gasteiger partial charge in [0.05, 0.1) is 0 Å². The van der Waals surface area contributed by atoms with E-state index in [4.69, 9.17) is 4.42 Å². The van der Waals surface area contributed by atoms with Gasteiger partial charge in [-0.05, 0) is 24.6 Å². The molecule has 0 bridgehead atoms. The Balaban J connectivity index is 1.47. The van der Waals surface area contributed by atoms with Crippen molar-refractivity contribution in [2.45, 2.75) is 13.5 Å². The van der Waals surface area contributed by atoms with E-state index < -0.39 is 0 Å². The average Bonchev–Trinajstić information content (AvgIpc) is 3.01. The molecule has 2 aromatic carbocycles. The molecule has 1 fully saturated rings. The number of aryl methyl sites for hydroxylation is 1. The molecule has 0 radical (unpaired) electrons. The largest absolute Gasteiger partial charge is 0.423 e. The zero-order chi connectivity index (χ0) is 16.5. The summed E-state index contributed by atoms with van der Waals surface area (Å²) >= 11 is 0. The van der Waals surface area contributed by atoms with Crippen LogP contribution < -0.4 is 4.90 Å². The number of aromatic nitrogens is 1. The highest BCUT2D eigenvalue weighted by Gasteiger charge is 2.26. The Bertz CT molecular complexity index is 854. The van der Waals surface area contributed by atoms with Crippen molar-refractivity contribution in [1.29, 1.82) is 0 Å². The number of piperazine rings is 1. The van der Waals surface area contributed by atoms with Crippen LogP contribution in [0.1, 0.15) is 11.1 Å². The molecular weight excluding hydrogens is 302 g/mol. The van der Waals surface area contributed by atoms with Gasteiger partial charge in [0.25, 0.3) is 6.01 Å². The Labute approximate surface area is 140 Å². The molecule has 1 aliphatic heterocycles. The van der Waals surface area contributed by atoms with Gasteiger partial charge >= 0.3 is 0 Å². The lowest BCUT2D eigenvalue weighted by atomic mass is 10.1. The maximum Gasteiger partial charge on any atom is 0.298 e. The number of hydrogen-bond acceptors (Lipinski definition) is 4. The van der Waals surface area contributed by atoms with Gasteiger partial charge in [-0.1, -0.05) is 42.0 Å². The number of carbonyl (C=O) groups excluding carboxylic acids is 1. The van der Waals surface area contributed by atoms with Gasteiger partial charge in [-0.3, -0.25) is 4.79 Å².